The summed E-state index contributed by atoms with van der Waals surface area (Å²) < 4.78 is 0. The van der Waals surface area contributed by atoms with Crippen LogP contribution >= 0.6 is 0 Å². The Balaban J connectivity index is -0.0000000150. The van der Waals surface area contributed by atoms with Crippen LogP contribution in [0.5, 0.6) is 0 Å². The molecule has 0 saturated heterocycles. The molecule has 0 fully saturated rings. The zero-order valence-corrected chi connectivity index (χ0v) is 6.78. The first-order chi connectivity index (χ1) is 1.73. The van der Waals surface area contributed by atoms with Gasteiger partial charge in [-0.1, -0.05) is 0 Å². The van der Waals surface area contributed by atoms with Crippen molar-refractivity contribution < 1.29 is 32.3 Å². The topological polar surface area (TPSA) is 40.1 Å². The van der Waals surface area contributed by atoms with Crippen molar-refractivity contribution in [2.75, 3.05) is 0 Å². The Hall–Kier alpha value is 0.210. The zero-order valence-electron chi connectivity index (χ0n) is 4.62. The van der Waals surface area contributed by atoms with Gasteiger partial charge in [-0.25, -0.2) is 0 Å². The largest absolute Gasteiger partial charge is 3.00 e. The molecule has 2 nitrogen and oxygen atoms in total. The van der Waals surface area contributed by atoms with E-state index < -0.39 is 5.97 Å². The molecule has 0 bridgehead atoms. The average Bonchev–Trinajstić information content (AvgIpc) is 0.811. The third kappa shape index (κ3) is 2490. The molecular formula is C4H9AuO2. The van der Waals surface area contributed by atoms with Gasteiger partial charge in [0, 0.05) is 5.97 Å². The Kier molecular flexibility index (Phi) is 63.1. The van der Waals surface area contributed by atoms with Crippen molar-refractivity contribution in [3.8, 4) is 0 Å². The van der Waals surface area contributed by atoms with Gasteiger partial charge < -0.3 is 24.8 Å². The summed E-state index contributed by atoms with van der Waals surface area (Å²) in [6.07, 6.45) is 0. The van der Waals surface area contributed by atoms with Crippen LogP contribution in [0.3, 0.4) is 0 Å². The molecule has 0 aromatic heterocycles. The van der Waals surface area contributed by atoms with Crippen molar-refractivity contribution in [3.05, 3.63) is 14.9 Å². The van der Waals surface area contributed by atoms with Crippen molar-refractivity contribution in [2.45, 2.75) is 6.92 Å². The maximum atomic E-state index is 8.89. The molecule has 0 spiro atoms. The van der Waals surface area contributed by atoms with Crippen molar-refractivity contribution in [3.63, 3.8) is 0 Å². The average molecular weight is 286 g/mol. The summed E-state index contributed by atoms with van der Waals surface area (Å²) in [5, 5.41) is 8.89. The number of carbonyl (C=O) groups excluding carboxylic acids is 1. The van der Waals surface area contributed by atoms with E-state index in [0.717, 1.165) is 6.92 Å². The van der Waals surface area contributed by atoms with Gasteiger partial charge in [-0.05, 0) is 6.92 Å². The predicted octanol–water partition coefficient (Wildman–Crippen LogP) is -0.346. The van der Waals surface area contributed by atoms with Crippen molar-refractivity contribution in [2.24, 2.45) is 0 Å². The van der Waals surface area contributed by atoms with Crippen LogP contribution in [0.15, 0.2) is 0 Å². The molecule has 0 radical (unpaired) electrons. The third-order valence-corrected chi connectivity index (χ3v) is 0. The summed E-state index contributed by atoms with van der Waals surface area (Å²) in [6.45, 7) is 0.972. The van der Waals surface area contributed by atoms with E-state index in [1.165, 1.54) is 0 Å². The molecule has 0 N–H and O–H groups in total. The van der Waals surface area contributed by atoms with Crippen LogP contribution in [-0.4, -0.2) is 5.97 Å². The molecule has 0 saturated carbocycles. The maximum Gasteiger partial charge on any atom is 3.00 e. The summed E-state index contributed by atoms with van der Waals surface area (Å²) in [4.78, 5) is 8.89. The van der Waals surface area contributed by atoms with Crippen LogP contribution in [0.2, 0.25) is 0 Å². The molecule has 0 unspecified atom stereocenters. The summed E-state index contributed by atoms with van der Waals surface area (Å²) >= 11 is 0. The quantitative estimate of drug-likeness (QED) is 0.451. The van der Waals surface area contributed by atoms with Crippen LogP contribution in [0.1, 0.15) is 6.92 Å². The van der Waals surface area contributed by atoms with Gasteiger partial charge in [-0.2, -0.15) is 0 Å². The molecule has 7 heavy (non-hydrogen) atoms. The Bertz CT molecular complexity index is 32.7. The molecule has 48 valence electrons. The van der Waals surface area contributed by atoms with Gasteiger partial charge in [0.15, 0.2) is 0 Å². The van der Waals surface area contributed by atoms with Crippen LogP contribution in [0.25, 0.3) is 0 Å². The van der Waals surface area contributed by atoms with Gasteiger partial charge in [0.25, 0.3) is 0 Å². The molecule has 0 aliphatic heterocycles. The van der Waals surface area contributed by atoms with E-state index in [2.05, 4.69) is 0 Å². The molecule has 0 aromatic carbocycles. The second-order valence-electron chi connectivity index (χ2n) is 0.492. The number of carbonyl (C=O) groups is 1. The van der Waals surface area contributed by atoms with E-state index in [0.29, 0.717) is 0 Å². The number of aliphatic carboxylic acids is 1. The fourth-order valence-corrected chi connectivity index (χ4v) is 0. The van der Waals surface area contributed by atoms with Crippen LogP contribution in [-0.2, 0) is 27.2 Å². The van der Waals surface area contributed by atoms with Crippen molar-refractivity contribution in [1.82, 2.24) is 0 Å². The van der Waals surface area contributed by atoms with Gasteiger partial charge in [0.1, 0.15) is 0 Å². The Morgan fingerprint density at radius 3 is 1.43 bits per heavy atom. The monoisotopic (exact) mass is 286 g/mol. The maximum absolute atomic E-state index is 8.89. The Labute approximate surface area is 60.4 Å². The number of hydrogen-bond acceptors (Lipinski definition) is 2. The molecule has 0 aromatic rings. The van der Waals surface area contributed by atoms with Crippen LogP contribution in [0, 0.1) is 14.9 Å². The molecule has 0 aliphatic carbocycles. The number of carboxylic acid groups (broad SMARTS) is 1. The first kappa shape index (κ1) is 27.0. The van der Waals surface area contributed by atoms with Gasteiger partial charge in [0.05, 0.1) is 0 Å². The normalized spacial score (nSPS) is 3.57. The van der Waals surface area contributed by atoms with Crippen molar-refractivity contribution >= 4 is 5.97 Å². The van der Waals surface area contributed by atoms with E-state index in [4.69, 9.17) is 9.90 Å². The SMILES string of the molecule is CC(=O)[O-].[Au+3].[CH3-].[CH3-]. The smallest absolute Gasteiger partial charge is 0.550 e. The van der Waals surface area contributed by atoms with E-state index in [9.17, 15) is 0 Å². The molecular weight excluding hydrogens is 277 g/mol. The number of hydrogen-bond donors (Lipinski definition) is 0. The van der Waals surface area contributed by atoms with E-state index >= 15 is 0 Å². The van der Waals surface area contributed by atoms with Crippen LogP contribution in [0.4, 0.5) is 0 Å². The van der Waals surface area contributed by atoms with Crippen molar-refractivity contribution in [1.29, 1.82) is 0 Å². The third-order valence-electron chi connectivity index (χ3n) is 0. The molecule has 0 rings (SSSR count). The van der Waals surface area contributed by atoms with Gasteiger partial charge in [-0.3, -0.25) is 0 Å². The fourth-order valence-electron chi connectivity index (χ4n) is 0. The molecule has 3 heteroatoms. The standard InChI is InChI=1S/C2H4O2.2CH3.Au/c1-2(3)4;;;/h1H3,(H,3,4);2*1H3;/q;2*-1;+3/p-1. The van der Waals surface area contributed by atoms with Gasteiger partial charge >= 0.3 is 22.4 Å². The van der Waals surface area contributed by atoms with E-state index in [-0.39, 0.29) is 37.2 Å². The number of rotatable bonds is 0. The van der Waals surface area contributed by atoms with E-state index in [1.54, 1.807) is 0 Å². The first-order valence-electron chi connectivity index (χ1n) is 0.908. The second-order valence-corrected chi connectivity index (χ2v) is 0.492. The summed E-state index contributed by atoms with van der Waals surface area (Å²) in [6, 6.07) is 0. The van der Waals surface area contributed by atoms with Crippen LogP contribution < -0.4 is 5.11 Å². The minimum Gasteiger partial charge on any atom is -0.550 e. The second kappa shape index (κ2) is 16.4. The summed E-state index contributed by atoms with van der Waals surface area (Å²) in [7, 11) is 0. The Morgan fingerprint density at radius 2 is 1.43 bits per heavy atom. The predicted molar refractivity (Wildman–Crippen MR) is 23.5 cm³/mol. The first-order valence-corrected chi connectivity index (χ1v) is 0.908. The minimum absolute atomic E-state index is 0. The number of carboxylic acids is 1. The zero-order chi connectivity index (χ0) is 3.58. The molecule has 0 atom stereocenters. The van der Waals surface area contributed by atoms with Gasteiger partial charge in [0.2, 0.25) is 0 Å². The van der Waals surface area contributed by atoms with Gasteiger partial charge in [-0.15, -0.1) is 0 Å². The molecule has 0 amide bonds. The molecule has 0 aliphatic rings. The molecule has 0 heterocycles. The summed E-state index contributed by atoms with van der Waals surface area (Å²) in [5.74, 6) is -1.08. The summed E-state index contributed by atoms with van der Waals surface area (Å²) in [5.41, 5.74) is 0. The van der Waals surface area contributed by atoms with E-state index in [1.807, 2.05) is 0 Å². The Morgan fingerprint density at radius 1 is 1.43 bits per heavy atom. The fraction of sp³-hybridized carbons (Fsp3) is 0.250. The minimum atomic E-state index is -1.08.